The molecule has 1 saturated heterocycles. The van der Waals surface area contributed by atoms with Gasteiger partial charge in [0.1, 0.15) is 6.61 Å². The van der Waals surface area contributed by atoms with E-state index in [1.807, 2.05) is 18.7 Å². The van der Waals surface area contributed by atoms with E-state index in [1.165, 1.54) is 0 Å². The van der Waals surface area contributed by atoms with Crippen molar-refractivity contribution in [3.63, 3.8) is 0 Å². The number of carbonyl (C=O) groups excluding carboxylic acids is 2. The van der Waals surface area contributed by atoms with Crippen LogP contribution in [0, 0.1) is 11.3 Å². The quantitative estimate of drug-likeness (QED) is 0.819. The molecule has 0 unspecified atom stereocenters. The molecule has 110 valence electrons. The van der Waals surface area contributed by atoms with Gasteiger partial charge in [-0.25, -0.2) is 0 Å². The number of hydrogen-bond acceptors (Lipinski definition) is 3. The molecule has 0 aliphatic carbocycles. The fourth-order valence-corrected chi connectivity index (χ4v) is 2.79. The molecule has 0 bridgehead atoms. The lowest BCUT2D eigenvalue weighted by molar-refractivity contribution is -0.147. The largest absolute Gasteiger partial charge is 0.387 e. The first-order valence-electron chi connectivity index (χ1n) is 6.96. The average Bonchev–Trinajstić information content (AvgIpc) is 2.35. The first kappa shape index (κ1) is 16.0. The van der Waals surface area contributed by atoms with Gasteiger partial charge in [-0.3, -0.25) is 9.59 Å². The molecule has 0 radical (unpaired) electrons. The summed E-state index contributed by atoms with van der Waals surface area (Å²) in [6.45, 7) is 9.91. The predicted octanol–water partition coefficient (Wildman–Crippen LogP) is 0.722. The lowest BCUT2D eigenvalue weighted by Crippen LogP contribution is -2.54. The molecule has 0 aromatic heterocycles. The Kier molecular flexibility index (Phi) is 5.35. The van der Waals surface area contributed by atoms with E-state index in [1.54, 1.807) is 4.90 Å². The summed E-state index contributed by atoms with van der Waals surface area (Å²) < 4.78 is 0. The van der Waals surface area contributed by atoms with E-state index in [0.717, 1.165) is 6.42 Å². The SMILES string of the molecule is CC(C)CC(C)(C)C(=O)N1CCN(C(=O)CO)CC1. The smallest absolute Gasteiger partial charge is 0.248 e. The van der Waals surface area contributed by atoms with Crippen molar-refractivity contribution in [3.05, 3.63) is 0 Å². The molecule has 0 aromatic carbocycles. The van der Waals surface area contributed by atoms with Crippen molar-refractivity contribution in [2.24, 2.45) is 11.3 Å². The lowest BCUT2D eigenvalue weighted by Gasteiger charge is -2.39. The molecule has 0 spiro atoms. The zero-order valence-electron chi connectivity index (χ0n) is 12.5. The van der Waals surface area contributed by atoms with E-state index in [4.69, 9.17) is 5.11 Å². The number of carbonyl (C=O) groups is 2. The third-order valence-corrected chi connectivity index (χ3v) is 3.55. The second-order valence-corrected chi connectivity index (χ2v) is 6.31. The molecular formula is C14H26N2O3. The van der Waals surface area contributed by atoms with Crippen LogP contribution in [-0.2, 0) is 9.59 Å². The Labute approximate surface area is 115 Å². The number of hydrogen-bond donors (Lipinski definition) is 1. The Balaban J connectivity index is 2.55. The van der Waals surface area contributed by atoms with E-state index < -0.39 is 6.61 Å². The number of piperazine rings is 1. The highest BCUT2D eigenvalue weighted by Gasteiger charge is 2.34. The molecule has 1 aliphatic rings. The van der Waals surface area contributed by atoms with Crippen LogP contribution < -0.4 is 0 Å². The van der Waals surface area contributed by atoms with Crippen molar-refractivity contribution >= 4 is 11.8 Å². The second kappa shape index (κ2) is 6.37. The minimum Gasteiger partial charge on any atom is -0.387 e. The average molecular weight is 270 g/mol. The molecule has 1 heterocycles. The molecule has 1 aliphatic heterocycles. The maximum Gasteiger partial charge on any atom is 0.248 e. The number of nitrogens with zero attached hydrogens (tertiary/aromatic N) is 2. The first-order chi connectivity index (χ1) is 8.77. The third-order valence-electron chi connectivity index (χ3n) is 3.55. The summed E-state index contributed by atoms with van der Waals surface area (Å²) in [5, 5.41) is 8.82. The topological polar surface area (TPSA) is 60.9 Å². The van der Waals surface area contributed by atoms with Crippen LogP contribution in [-0.4, -0.2) is 59.5 Å². The summed E-state index contributed by atoms with van der Waals surface area (Å²) in [6, 6.07) is 0. The van der Waals surface area contributed by atoms with E-state index in [-0.39, 0.29) is 17.2 Å². The second-order valence-electron chi connectivity index (χ2n) is 6.31. The number of aliphatic hydroxyl groups is 1. The van der Waals surface area contributed by atoms with Gasteiger partial charge in [-0.05, 0) is 12.3 Å². The van der Waals surface area contributed by atoms with Crippen LogP contribution in [0.5, 0.6) is 0 Å². The lowest BCUT2D eigenvalue weighted by atomic mass is 9.82. The Morgan fingerprint density at radius 3 is 2.00 bits per heavy atom. The number of rotatable bonds is 4. The fraction of sp³-hybridized carbons (Fsp3) is 0.857. The Hall–Kier alpha value is -1.10. The maximum atomic E-state index is 12.5. The van der Waals surface area contributed by atoms with Gasteiger partial charge in [-0.15, -0.1) is 0 Å². The molecule has 19 heavy (non-hydrogen) atoms. The standard InChI is InChI=1S/C14H26N2O3/c1-11(2)9-14(3,4)13(19)16-7-5-15(6-8-16)12(18)10-17/h11,17H,5-10H2,1-4H3. The highest BCUT2D eigenvalue weighted by atomic mass is 16.3. The zero-order valence-corrected chi connectivity index (χ0v) is 12.5. The molecule has 5 heteroatoms. The molecule has 0 saturated carbocycles. The van der Waals surface area contributed by atoms with Crippen LogP contribution in [0.3, 0.4) is 0 Å². The van der Waals surface area contributed by atoms with Crippen molar-refractivity contribution < 1.29 is 14.7 Å². The normalized spacial score (nSPS) is 16.9. The molecular weight excluding hydrogens is 244 g/mol. The van der Waals surface area contributed by atoms with E-state index in [9.17, 15) is 9.59 Å². The predicted molar refractivity (Wildman–Crippen MR) is 73.5 cm³/mol. The summed E-state index contributed by atoms with van der Waals surface area (Å²) in [6.07, 6.45) is 0.863. The Bertz CT molecular complexity index is 332. The Morgan fingerprint density at radius 1 is 1.11 bits per heavy atom. The van der Waals surface area contributed by atoms with E-state index >= 15 is 0 Å². The van der Waals surface area contributed by atoms with E-state index in [2.05, 4.69) is 13.8 Å². The summed E-state index contributed by atoms with van der Waals surface area (Å²) in [7, 11) is 0. The van der Waals surface area contributed by atoms with Crippen LogP contribution in [0.15, 0.2) is 0 Å². The zero-order chi connectivity index (χ0) is 14.6. The van der Waals surface area contributed by atoms with Gasteiger partial charge in [0.15, 0.2) is 0 Å². The van der Waals surface area contributed by atoms with Crippen LogP contribution in [0.4, 0.5) is 0 Å². The van der Waals surface area contributed by atoms with Gasteiger partial charge < -0.3 is 14.9 Å². The first-order valence-corrected chi connectivity index (χ1v) is 6.96. The summed E-state index contributed by atoms with van der Waals surface area (Å²) in [5.41, 5.74) is -0.350. The van der Waals surface area contributed by atoms with Crippen LogP contribution >= 0.6 is 0 Å². The summed E-state index contributed by atoms with van der Waals surface area (Å²) in [5.74, 6) is 0.391. The van der Waals surface area contributed by atoms with Gasteiger partial charge in [0.2, 0.25) is 11.8 Å². The molecule has 1 rings (SSSR count). The molecule has 0 aromatic rings. The van der Waals surface area contributed by atoms with Crippen LogP contribution in [0.1, 0.15) is 34.1 Å². The highest BCUT2D eigenvalue weighted by molar-refractivity contribution is 5.82. The van der Waals surface area contributed by atoms with Crippen molar-refractivity contribution in [1.29, 1.82) is 0 Å². The molecule has 1 fully saturated rings. The maximum absolute atomic E-state index is 12.5. The fourth-order valence-electron chi connectivity index (χ4n) is 2.79. The Morgan fingerprint density at radius 2 is 1.58 bits per heavy atom. The summed E-state index contributed by atoms with van der Waals surface area (Å²) in [4.78, 5) is 27.3. The summed E-state index contributed by atoms with van der Waals surface area (Å²) >= 11 is 0. The van der Waals surface area contributed by atoms with Crippen molar-refractivity contribution in [2.75, 3.05) is 32.8 Å². The third kappa shape index (κ3) is 4.20. The number of amides is 2. The van der Waals surface area contributed by atoms with Crippen molar-refractivity contribution in [2.45, 2.75) is 34.1 Å². The van der Waals surface area contributed by atoms with Gasteiger partial charge in [-0.2, -0.15) is 0 Å². The minimum atomic E-state index is -0.452. The highest BCUT2D eigenvalue weighted by Crippen LogP contribution is 2.28. The molecule has 2 amide bonds. The van der Waals surface area contributed by atoms with Gasteiger partial charge in [0.25, 0.3) is 0 Å². The van der Waals surface area contributed by atoms with Gasteiger partial charge in [-0.1, -0.05) is 27.7 Å². The van der Waals surface area contributed by atoms with Crippen LogP contribution in [0.2, 0.25) is 0 Å². The molecule has 5 nitrogen and oxygen atoms in total. The monoisotopic (exact) mass is 270 g/mol. The molecule has 1 N–H and O–H groups in total. The molecule has 0 atom stereocenters. The van der Waals surface area contributed by atoms with Crippen molar-refractivity contribution in [3.8, 4) is 0 Å². The van der Waals surface area contributed by atoms with E-state index in [0.29, 0.717) is 32.1 Å². The van der Waals surface area contributed by atoms with Gasteiger partial charge in [0, 0.05) is 31.6 Å². The van der Waals surface area contributed by atoms with Gasteiger partial charge >= 0.3 is 0 Å². The van der Waals surface area contributed by atoms with Crippen molar-refractivity contribution in [1.82, 2.24) is 9.80 Å². The minimum absolute atomic E-state index is 0.164. The number of aliphatic hydroxyl groups excluding tert-OH is 1. The van der Waals surface area contributed by atoms with Crippen LogP contribution in [0.25, 0.3) is 0 Å². The van der Waals surface area contributed by atoms with Gasteiger partial charge in [0.05, 0.1) is 0 Å².